The summed E-state index contributed by atoms with van der Waals surface area (Å²) < 4.78 is 84.7. The molecule has 39 heavy (non-hydrogen) atoms. The molecule has 15 heteroatoms. The van der Waals surface area contributed by atoms with Crippen molar-refractivity contribution in [1.82, 2.24) is 20.1 Å². The molecule has 0 aliphatic carbocycles. The molecule has 4 rings (SSSR count). The average Bonchev–Trinajstić information content (AvgIpc) is 3.36. The number of nitrogens with one attached hydrogen (secondary N) is 1. The number of rotatable bonds is 6. The number of nitrogens with zero attached hydrogens (tertiary/aromatic N) is 3. The third-order valence-electron chi connectivity index (χ3n) is 5.13. The van der Waals surface area contributed by atoms with Crippen LogP contribution in [0.1, 0.15) is 27.3 Å². The number of benzene rings is 3. The molecule has 0 aliphatic rings. The van der Waals surface area contributed by atoms with Gasteiger partial charge in [-0.15, -0.1) is 5.10 Å². The van der Waals surface area contributed by atoms with E-state index in [9.17, 15) is 36.2 Å². The predicted octanol–water partition coefficient (Wildman–Crippen LogP) is 7.04. The maximum atomic E-state index is 13.0. The number of amides is 1. The van der Waals surface area contributed by atoms with Gasteiger partial charge in [-0.2, -0.15) is 26.3 Å². The summed E-state index contributed by atoms with van der Waals surface area (Å²) in [5, 5.41) is 16.2. The van der Waals surface area contributed by atoms with Gasteiger partial charge in [0.25, 0.3) is 5.91 Å². The van der Waals surface area contributed by atoms with Crippen LogP contribution >= 0.6 is 23.2 Å². The first-order valence-corrected chi connectivity index (χ1v) is 11.4. The van der Waals surface area contributed by atoms with E-state index in [1.807, 2.05) is 0 Å². The minimum atomic E-state index is -5.00. The Kier molecular flexibility index (Phi) is 7.66. The van der Waals surface area contributed by atoms with Crippen LogP contribution in [-0.4, -0.2) is 25.8 Å². The van der Waals surface area contributed by atoms with Crippen molar-refractivity contribution in [3.63, 3.8) is 0 Å². The van der Waals surface area contributed by atoms with E-state index in [4.69, 9.17) is 27.9 Å². The Labute approximate surface area is 225 Å². The summed E-state index contributed by atoms with van der Waals surface area (Å²) in [5.41, 5.74) is -2.13. The molecule has 0 aliphatic heterocycles. The first-order valence-electron chi connectivity index (χ1n) is 10.7. The summed E-state index contributed by atoms with van der Waals surface area (Å²) in [5.74, 6) is -1.81. The smallest absolute Gasteiger partial charge is 0.416 e. The second kappa shape index (κ2) is 10.7. The molecule has 0 unspecified atom stereocenters. The molecule has 0 bridgehead atoms. The van der Waals surface area contributed by atoms with Gasteiger partial charge >= 0.3 is 12.4 Å². The minimum Gasteiger partial charge on any atom is -0.505 e. The lowest BCUT2D eigenvalue weighted by Crippen LogP contribution is -2.24. The van der Waals surface area contributed by atoms with E-state index >= 15 is 0 Å². The van der Waals surface area contributed by atoms with Crippen molar-refractivity contribution in [2.75, 3.05) is 0 Å². The third kappa shape index (κ3) is 6.73. The Balaban J connectivity index is 1.41. The lowest BCUT2D eigenvalue weighted by atomic mass is 10.1. The maximum absolute atomic E-state index is 13.0. The van der Waals surface area contributed by atoms with Gasteiger partial charge in [-0.1, -0.05) is 35.3 Å². The zero-order valence-electron chi connectivity index (χ0n) is 19.1. The SMILES string of the molecule is O=C(NCc1ccc(Oc2cc(C(F)(F)F)cc(C(F)(F)F)c2)cc1)c1ncn(-c2cc(Cl)c(O)c(Cl)c2)n1. The lowest BCUT2D eigenvalue weighted by Gasteiger charge is -2.15. The lowest BCUT2D eigenvalue weighted by molar-refractivity contribution is -0.143. The first-order chi connectivity index (χ1) is 18.2. The molecule has 7 nitrogen and oxygen atoms in total. The Morgan fingerprint density at radius 2 is 1.46 bits per heavy atom. The normalized spacial score (nSPS) is 11.9. The molecular formula is C24H14Cl2F6N4O3. The van der Waals surface area contributed by atoms with Crippen molar-refractivity contribution >= 4 is 29.1 Å². The zero-order valence-corrected chi connectivity index (χ0v) is 20.6. The quantitative estimate of drug-likeness (QED) is 0.235. The second-order valence-electron chi connectivity index (χ2n) is 7.94. The Morgan fingerprint density at radius 1 is 0.897 bits per heavy atom. The van der Waals surface area contributed by atoms with Gasteiger partial charge in [-0.25, -0.2) is 9.67 Å². The topological polar surface area (TPSA) is 89.3 Å². The highest BCUT2D eigenvalue weighted by molar-refractivity contribution is 6.37. The fourth-order valence-corrected chi connectivity index (χ4v) is 3.71. The van der Waals surface area contributed by atoms with E-state index in [1.165, 1.54) is 47.4 Å². The molecule has 1 amide bonds. The highest BCUT2D eigenvalue weighted by atomic mass is 35.5. The molecule has 0 saturated heterocycles. The van der Waals surface area contributed by atoms with Gasteiger partial charge in [0.2, 0.25) is 5.82 Å². The number of hydrogen-bond donors (Lipinski definition) is 2. The van der Waals surface area contributed by atoms with Crippen LogP contribution < -0.4 is 10.1 Å². The largest absolute Gasteiger partial charge is 0.505 e. The van der Waals surface area contributed by atoms with Crippen molar-refractivity contribution in [1.29, 1.82) is 0 Å². The van der Waals surface area contributed by atoms with Crippen LogP contribution in [0, 0.1) is 0 Å². The number of hydrogen-bond acceptors (Lipinski definition) is 5. The standard InChI is InChI=1S/C24H14Cl2F6N4O3/c25-18-8-15(9-19(26)20(18)37)36-11-34-21(35-36)22(38)33-10-12-1-3-16(4-2-12)39-17-6-13(23(27,28)29)5-14(7-17)24(30,31)32/h1-9,11,37H,10H2,(H,33,38). The van der Waals surface area contributed by atoms with Crippen molar-refractivity contribution in [3.05, 3.63) is 93.5 Å². The number of phenolic OH excluding ortho intramolecular Hbond substituents is 1. The minimum absolute atomic E-state index is 0.00549. The van der Waals surface area contributed by atoms with Crippen LogP contribution in [0.2, 0.25) is 10.0 Å². The first kappa shape index (κ1) is 28.0. The van der Waals surface area contributed by atoms with Crippen LogP contribution in [0.3, 0.4) is 0 Å². The molecular weight excluding hydrogens is 577 g/mol. The van der Waals surface area contributed by atoms with Gasteiger partial charge in [0, 0.05) is 6.54 Å². The van der Waals surface area contributed by atoms with E-state index in [0.717, 1.165) is 0 Å². The highest BCUT2D eigenvalue weighted by Crippen LogP contribution is 2.39. The van der Waals surface area contributed by atoms with Gasteiger partial charge in [-0.05, 0) is 48.0 Å². The van der Waals surface area contributed by atoms with Crippen LogP contribution in [0.5, 0.6) is 17.2 Å². The van der Waals surface area contributed by atoms with Gasteiger partial charge in [-0.3, -0.25) is 4.79 Å². The number of aromatic nitrogens is 3. The zero-order chi connectivity index (χ0) is 28.5. The Bertz CT molecular complexity index is 1470. The molecule has 0 saturated carbocycles. The van der Waals surface area contributed by atoms with Crippen molar-refractivity contribution in [3.8, 4) is 22.9 Å². The number of alkyl halides is 6. The number of ether oxygens (including phenoxy) is 1. The summed E-state index contributed by atoms with van der Waals surface area (Å²) in [6.45, 7) is -0.00764. The van der Waals surface area contributed by atoms with Crippen LogP contribution in [0.15, 0.2) is 60.9 Å². The predicted molar refractivity (Wildman–Crippen MR) is 127 cm³/mol. The van der Waals surface area contributed by atoms with Gasteiger partial charge < -0.3 is 15.2 Å². The number of phenols is 1. The summed E-state index contributed by atoms with van der Waals surface area (Å²) >= 11 is 11.8. The monoisotopic (exact) mass is 590 g/mol. The highest BCUT2D eigenvalue weighted by Gasteiger charge is 2.37. The third-order valence-corrected chi connectivity index (χ3v) is 5.71. The van der Waals surface area contributed by atoms with Crippen LogP contribution in [-0.2, 0) is 18.9 Å². The van der Waals surface area contributed by atoms with E-state index in [2.05, 4.69) is 15.4 Å². The van der Waals surface area contributed by atoms with Gasteiger partial charge in [0.1, 0.15) is 17.8 Å². The number of carbonyl (C=O) groups excluding carboxylic acids is 1. The molecule has 1 aromatic heterocycles. The van der Waals surface area contributed by atoms with E-state index in [0.29, 0.717) is 23.4 Å². The summed E-state index contributed by atoms with van der Waals surface area (Å²) in [6, 6.07) is 9.23. The molecule has 0 radical (unpaired) electrons. The Hall–Kier alpha value is -3.97. The van der Waals surface area contributed by atoms with Crippen LogP contribution in [0.4, 0.5) is 26.3 Å². The number of carbonyl (C=O) groups is 1. The average molecular weight is 591 g/mol. The molecule has 2 N–H and O–H groups in total. The molecule has 0 spiro atoms. The van der Waals surface area contributed by atoms with E-state index in [-0.39, 0.29) is 40.0 Å². The summed E-state index contributed by atoms with van der Waals surface area (Å²) in [6.07, 6.45) is -8.77. The van der Waals surface area contributed by atoms with E-state index < -0.39 is 35.1 Å². The number of aromatic hydroxyl groups is 1. The fourth-order valence-electron chi connectivity index (χ4n) is 3.23. The molecule has 204 valence electrons. The van der Waals surface area contributed by atoms with E-state index in [1.54, 1.807) is 0 Å². The van der Waals surface area contributed by atoms with Crippen molar-refractivity contribution in [2.45, 2.75) is 18.9 Å². The molecule has 4 aromatic rings. The maximum Gasteiger partial charge on any atom is 0.416 e. The molecule has 0 atom stereocenters. The van der Waals surface area contributed by atoms with Crippen molar-refractivity contribution in [2.24, 2.45) is 0 Å². The van der Waals surface area contributed by atoms with Gasteiger partial charge in [0.15, 0.2) is 5.75 Å². The molecule has 1 heterocycles. The summed E-state index contributed by atoms with van der Waals surface area (Å²) in [7, 11) is 0. The number of halogens is 8. The second-order valence-corrected chi connectivity index (χ2v) is 8.76. The van der Waals surface area contributed by atoms with Gasteiger partial charge in [0.05, 0.1) is 26.9 Å². The Morgan fingerprint density at radius 3 is 2.00 bits per heavy atom. The van der Waals surface area contributed by atoms with Crippen molar-refractivity contribution < 1.29 is 41.0 Å². The fraction of sp³-hybridized carbons (Fsp3) is 0.125. The van der Waals surface area contributed by atoms with Crippen LogP contribution in [0.25, 0.3) is 5.69 Å². The molecule has 0 fully saturated rings. The molecule has 3 aromatic carbocycles. The summed E-state index contributed by atoms with van der Waals surface area (Å²) in [4.78, 5) is 16.3.